The van der Waals surface area contributed by atoms with Crippen LogP contribution in [0.15, 0.2) is 48.5 Å². The molecule has 0 fully saturated rings. The van der Waals surface area contributed by atoms with E-state index in [4.69, 9.17) is 11.0 Å². The molecule has 96 valence electrons. The van der Waals surface area contributed by atoms with Crippen LogP contribution in [0, 0.1) is 11.3 Å². The summed E-state index contributed by atoms with van der Waals surface area (Å²) >= 11 is 0. The molecule has 1 atom stereocenters. The van der Waals surface area contributed by atoms with Crippen molar-refractivity contribution in [2.75, 3.05) is 17.6 Å². The van der Waals surface area contributed by atoms with E-state index < -0.39 is 0 Å². The number of nitrogens with two attached hydrogens (primary N) is 1. The van der Waals surface area contributed by atoms with Crippen LogP contribution >= 0.6 is 0 Å². The first-order chi connectivity index (χ1) is 9.20. The zero-order chi connectivity index (χ0) is 13.7. The molecule has 2 aromatic rings. The molecular formula is C16H17N3. The van der Waals surface area contributed by atoms with Crippen LogP contribution in [0.25, 0.3) is 0 Å². The van der Waals surface area contributed by atoms with Crippen molar-refractivity contribution < 1.29 is 0 Å². The second kappa shape index (κ2) is 5.92. The maximum Gasteiger partial charge on any atom is 0.101 e. The van der Waals surface area contributed by atoms with Gasteiger partial charge in [-0.2, -0.15) is 5.26 Å². The molecule has 0 saturated heterocycles. The Morgan fingerprint density at radius 1 is 1.21 bits per heavy atom. The highest BCUT2D eigenvalue weighted by molar-refractivity contribution is 5.61. The number of hydrogen-bond acceptors (Lipinski definition) is 3. The minimum Gasteiger partial charge on any atom is -0.398 e. The molecular weight excluding hydrogens is 234 g/mol. The molecule has 0 amide bonds. The van der Waals surface area contributed by atoms with E-state index in [0.717, 1.165) is 12.2 Å². The Bertz CT molecular complexity index is 585. The number of benzene rings is 2. The van der Waals surface area contributed by atoms with Crippen molar-refractivity contribution in [1.29, 1.82) is 5.26 Å². The van der Waals surface area contributed by atoms with Gasteiger partial charge in [-0.1, -0.05) is 37.3 Å². The Morgan fingerprint density at radius 3 is 2.63 bits per heavy atom. The van der Waals surface area contributed by atoms with Gasteiger partial charge in [0.1, 0.15) is 6.07 Å². The van der Waals surface area contributed by atoms with Crippen LogP contribution in [-0.2, 0) is 0 Å². The molecule has 0 aliphatic heterocycles. The maximum atomic E-state index is 8.94. The molecule has 0 saturated carbocycles. The van der Waals surface area contributed by atoms with E-state index in [1.807, 2.05) is 24.3 Å². The molecule has 0 heterocycles. The number of rotatable bonds is 4. The average Bonchev–Trinajstić information content (AvgIpc) is 2.47. The van der Waals surface area contributed by atoms with Gasteiger partial charge in [0.05, 0.1) is 5.56 Å². The summed E-state index contributed by atoms with van der Waals surface area (Å²) in [5.74, 6) is 0.407. The zero-order valence-corrected chi connectivity index (χ0v) is 10.9. The quantitative estimate of drug-likeness (QED) is 0.819. The van der Waals surface area contributed by atoms with E-state index in [2.05, 4.69) is 30.4 Å². The van der Waals surface area contributed by atoms with Gasteiger partial charge in [0.2, 0.25) is 0 Å². The molecule has 2 aromatic carbocycles. The summed E-state index contributed by atoms with van der Waals surface area (Å²) in [6.45, 7) is 2.99. The lowest BCUT2D eigenvalue weighted by Crippen LogP contribution is -2.10. The Labute approximate surface area is 113 Å². The van der Waals surface area contributed by atoms with Crippen LogP contribution in [0.5, 0.6) is 0 Å². The summed E-state index contributed by atoms with van der Waals surface area (Å²) in [4.78, 5) is 0. The fourth-order valence-electron chi connectivity index (χ4n) is 1.93. The van der Waals surface area contributed by atoms with Crippen LogP contribution in [0.4, 0.5) is 11.4 Å². The van der Waals surface area contributed by atoms with Crippen molar-refractivity contribution in [3.63, 3.8) is 0 Å². The Morgan fingerprint density at radius 2 is 1.95 bits per heavy atom. The Hall–Kier alpha value is -2.47. The molecule has 0 spiro atoms. The lowest BCUT2D eigenvalue weighted by molar-refractivity contribution is 0.805. The molecule has 3 nitrogen and oxygen atoms in total. The topological polar surface area (TPSA) is 61.8 Å². The molecule has 0 aliphatic carbocycles. The molecule has 3 heteroatoms. The first-order valence-corrected chi connectivity index (χ1v) is 6.29. The highest BCUT2D eigenvalue weighted by atomic mass is 14.9. The summed E-state index contributed by atoms with van der Waals surface area (Å²) in [7, 11) is 0. The molecule has 0 radical (unpaired) electrons. The zero-order valence-electron chi connectivity index (χ0n) is 10.9. The number of hydrogen-bond donors (Lipinski definition) is 2. The third-order valence-corrected chi connectivity index (χ3v) is 3.15. The number of nitrogens with one attached hydrogen (secondary N) is 1. The molecule has 0 aliphatic rings. The van der Waals surface area contributed by atoms with Crippen molar-refractivity contribution in [3.05, 3.63) is 59.7 Å². The molecule has 19 heavy (non-hydrogen) atoms. The van der Waals surface area contributed by atoms with Gasteiger partial charge >= 0.3 is 0 Å². The van der Waals surface area contributed by atoms with Crippen LogP contribution in [0.1, 0.15) is 24.0 Å². The number of nitriles is 1. The summed E-state index contributed by atoms with van der Waals surface area (Å²) in [6, 6.07) is 17.9. The second-order valence-corrected chi connectivity index (χ2v) is 4.61. The molecule has 1 unspecified atom stereocenters. The summed E-state index contributed by atoms with van der Waals surface area (Å²) in [5.41, 5.74) is 8.95. The summed E-state index contributed by atoms with van der Waals surface area (Å²) in [6.07, 6.45) is 0. The van der Waals surface area contributed by atoms with Crippen molar-refractivity contribution in [1.82, 2.24) is 0 Å². The number of nitrogens with zero attached hydrogens (tertiary/aromatic N) is 1. The van der Waals surface area contributed by atoms with Crippen molar-refractivity contribution in [2.24, 2.45) is 0 Å². The van der Waals surface area contributed by atoms with Crippen LogP contribution in [0.3, 0.4) is 0 Å². The first kappa shape index (κ1) is 13.0. The van der Waals surface area contributed by atoms with Crippen LogP contribution < -0.4 is 11.1 Å². The fraction of sp³-hybridized carbons (Fsp3) is 0.188. The third kappa shape index (κ3) is 3.26. The minimum absolute atomic E-state index is 0.407. The SMILES string of the molecule is CC(CNc1ccc(N)c(C#N)c1)c1ccccc1. The van der Waals surface area contributed by atoms with Gasteiger partial charge in [0, 0.05) is 17.9 Å². The van der Waals surface area contributed by atoms with Gasteiger partial charge in [0.25, 0.3) is 0 Å². The average molecular weight is 251 g/mol. The van der Waals surface area contributed by atoms with E-state index in [9.17, 15) is 0 Å². The van der Waals surface area contributed by atoms with Crippen LogP contribution in [0.2, 0.25) is 0 Å². The lowest BCUT2D eigenvalue weighted by Gasteiger charge is -2.14. The van der Waals surface area contributed by atoms with E-state index in [0.29, 0.717) is 17.2 Å². The smallest absolute Gasteiger partial charge is 0.101 e. The van der Waals surface area contributed by atoms with Gasteiger partial charge < -0.3 is 11.1 Å². The predicted octanol–water partition coefficient (Wildman–Crippen LogP) is 3.36. The highest BCUT2D eigenvalue weighted by Gasteiger charge is 2.05. The maximum absolute atomic E-state index is 8.94. The van der Waals surface area contributed by atoms with Gasteiger partial charge in [-0.05, 0) is 29.7 Å². The molecule has 0 bridgehead atoms. The molecule has 3 N–H and O–H groups in total. The summed E-state index contributed by atoms with van der Waals surface area (Å²) in [5, 5.41) is 12.3. The first-order valence-electron chi connectivity index (χ1n) is 6.29. The van der Waals surface area contributed by atoms with E-state index in [1.54, 1.807) is 12.1 Å². The second-order valence-electron chi connectivity index (χ2n) is 4.61. The van der Waals surface area contributed by atoms with Gasteiger partial charge in [-0.25, -0.2) is 0 Å². The van der Waals surface area contributed by atoms with Crippen molar-refractivity contribution >= 4 is 11.4 Å². The minimum atomic E-state index is 0.407. The summed E-state index contributed by atoms with van der Waals surface area (Å²) < 4.78 is 0. The van der Waals surface area contributed by atoms with Gasteiger partial charge in [-0.15, -0.1) is 0 Å². The molecule has 2 rings (SSSR count). The van der Waals surface area contributed by atoms with Crippen molar-refractivity contribution in [3.8, 4) is 6.07 Å². The predicted molar refractivity (Wildman–Crippen MR) is 78.9 cm³/mol. The third-order valence-electron chi connectivity index (χ3n) is 3.15. The Balaban J connectivity index is 2.01. The van der Waals surface area contributed by atoms with E-state index in [1.165, 1.54) is 5.56 Å². The monoisotopic (exact) mass is 251 g/mol. The van der Waals surface area contributed by atoms with E-state index >= 15 is 0 Å². The number of nitrogen functional groups attached to an aromatic ring is 1. The largest absolute Gasteiger partial charge is 0.398 e. The highest BCUT2D eigenvalue weighted by Crippen LogP contribution is 2.19. The fourth-order valence-corrected chi connectivity index (χ4v) is 1.93. The molecule has 0 aromatic heterocycles. The van der Waals surface area contributed by atoms with Crippen molar-refractivity contribution in [2.45, 2.75) is 12.8 Å². The lowest BCUT2D eigenvalue weighted by atomic mass is 10.0. The standard InChI is InChI=1S/C16H17N3/c1-12(13-5-3-2-4-6-13)11-19-15-7-8-16(18)14(9-15)10-17/h2-9,12,19H,11,18H2,1H3. The van der Waals surface area contributed by atoms with Gasteiger partial charge in [0.15, 0.2) is 0 Å². The normalized spacial score (nSPS) is 11.6. The number of anilines is 2. The van der Waals surface area contributed by atoms with E-state index in [-0.39, 0.29) is 0 Å². The van der Waals surface area contributed by atoms with Gasteiger partial charge in [-0.3, -0.25) is 0 Å². The van der Waals surface area contributed by atoms with Crippen LogP contribution in [-0.4, -0.2) is 6.54 Å². The Kier molecular flexibility index (Phi) is 4.04.